The summed E-state index contributed by atoms with van der Waals surface area (Å²) >= 11 is 3.51. The monoisotopic (exact) mass is 689 g/mol. The van der Waals surface area contributed by atoms with Crippen LogP contribution in [-0.4, -0.2) is 44.3 Å². The Morgan fingerprint density at radius 3 is 2.02 bits per heavy atom. The van der Waals surface area contributed by atoms with E-state index in [1.807, 2.05) is 87.5 Å². The maximum atomic E-state index is 14.5. The van der Waals surface area contributed by atoms with Crippen LogP contribution in [0.1, 0.15) is 37.5 Å². The average molecular weight is 691 g/mol. The van der Waals surface area contributed by atoms with E-state index in [4.69, 9.17) is 0 Å². The van der Waals surface area contributed by atoms with Gasteiger partial charge in [0, 0.05) is 24.0 Å². The second kappa shape index (κ2) is 15.9. The lowest BCUT2D eigenvalue weighted by atomic mass is 10.0. The summed E-state index contributed by atoms with van der Waals surface area (Å²) in [5.41, 5.74) is 3.11. The molecule has 0 aromatic heterocycles. The van der Waals surface area contributed by atoms with E-state index >= 15 is 0 Å². The Labute approximate surface area is 275 Å². The molecule has 236 valence electrons. The highest BCUT2D eigenvalue weighted by Gasteiger charge is 2.34. The molecule has 7 nitrogen and oxygen atoms in total. The maximum absolute atomic E-state index is 14.5. The summed E-state index contributed by atoms with van der Waals surface area (Å²) in [5.74, 6) is -0.575. The van der Waals surface area contributed by atoms with Gasteiger partial charge in [-0.25, -0.2) is 8.42 Å². The zero-order valence-corrected chi connectivity index (χ0v) is 28.3. The lowest BCUT2D eigenvalue weighted by Gasteiger charge is -2.34. The smallest absolute Gasteiger partial charge is 0.264 e. The van der Waals surface area contributed by atoms with E-state index in [0.29, 0.717) is 12.2 Å². The number of carbonyl (C=O) groups is 2. The third-order valence-corrected chi connectivity index (χ3v) is 9.72. The van der Waals surface area contributed by atoms with Crippen LogP contribution in [0.15, 0.2) is 119 Å². The zero-order chi connectivity index (χ0) is 32.4. The number of benzene rings is 4. The molecule has 4 aromatic carbocycles. The van der Waals surface area contributed by atoms with Gasteiger partial charge in [0.05, 0.1) is 10.6 Å². The molecular formula is C36H40BrN3O4S. The number of anilines is 1. The van der Waals surface area contributed by atoms with Gasteiger partial charge in [0.1, 0.15) is 12.6 Å². The van der Waals surface area contributed by atoms with Crippen molar-refractivity contribution in [3.8, 4) is 0 Å². The van der Waals surface area contributed by atoms with Crippen molar-refractivity contribution in [3.63, 3.8) is 0 Å². The van der Waals surface area contributed by atoms with E-state index in [9.17, 15) is 18.0 Å². The van der Waals surface area contributed by atoms with E-state index < -0.39 is 28.5 Å². The van der Waals surface area contributed by atoms with E-state index in [1.165, 1.54) is 17.0 Å². The van der Waals surface area contributed by atoms with Crippen molar-refractivity contribution in [2.75, 3.05) is 17.4 Å². The number of halogens is 1. The van der Waals surface area contributed by atoms with Gasteiger partial charge in [-0.1, -0.05) is 109 Å². The first-order valence-corrected chi connectivity index (χ1v) is 17.3. The summed E-state index contributed by atoms with van der Waals surface area (Å²) in [5, 5.41) is 3.01. The minimum Gasteiger partial charge on any atom is -0.354 e. The molecule has 2 amide bonds. The summed E-state index contributed by atoms with van der Waals surface area (Å²) in [6.07, 6.45) is 1.05. The van der Waals surface area contributed by atoms with Crippen LogP contribution in [0.4, 0.5) is 5.69 Å². The number of rotatable bonds is 14. The summed E-state index contributed by atoms with van der Waals surface area (Å²) < 4.78 is 30.2. The Morgan fingerprint density at radius 2 is 1.42 bits per heavy atom. The molecule has 0 radical (unpaired) electrons. The lowest BCUT2D eigenvalue weighted by molar-refractivity contribution is -0.140. The summed E-state index contributed by atoms with van der Waals surface area (Å²) in [6, 6.07) is 31.5. The van der Waals surface area contributed by atoms with Crippen molar-refractivity contribution in [2.45, 2.75) is 51.1 Å². The van der Waals surface area contributed by atoms with Gasteiger partial charge in [0.15, 0.2) is 0 Å². The first kappa shape index (κ1) is 33.9. The van der Waals surface area contributed by atoms with Crippen molar-refractivity contribution in [2.24, 2.45) is 5.92 Å². The topological polar surface area (TPSA) is 86.8 Å². The van der Waals surface area contributed by atoms with Gasteiger partial charge in [-0.3, -0.25) is 13.9 Å². The molecule has 1 atom stereocenters. The standard InChI is InChI=1S/C36H40BrN3O4S/c1-4-28-18-20-32(21-19-28)40(45(43,44)33-16-9-6-10-17-33)26-35(41)39(25-30-14-11-15-31(37)22-30)34(36(42)38-24-27(2)3)23-29-12-7-5-8-13-29/h5-22,27,34H,4,23-26H2,1-3H3,(H,38,42)/t34-/m1/s1. The number of amides is 2. The summed E-state index contributed by atoms with van der Waals surface area (Å²) in [6.45, 7) is 6.10. The van der Waals surface area contributed by atoms with E-state index in [1.54, 1.807) is 30.3 Å². The molecule has 0 fully saturated rings. The van der Waals surface area contributed by atoms with Crippen molar-refractivity contribution in [3.05, 3.63) is 130 Å². The van der Waals surface area contributed by atoms with Crippen molar-refractivity contribution in [1.82, 2.24) is 10.2 Å². The van der Waals surface area contributed by atoms with E-state index in [2.05, 4.69) is 21.2 Å². The highest BCUT2D eigenvalue weighted by Crippen LogP contribution is 2.26. The predicted octanol–water partition coefficient (Wildman–Crippen LogP) is 6.62. The van der Waals surface area contributed by atoms with Crippen LogP contribution in [0.3, 0.4) is 0 Å². The van der Waals surface area contributed by atoms with E-state index in [0.717, 1.165) is 31.9 Å². The molecule has 45 heavy (non-hydrogen) atoms. The zero-order valence-electron chi connectivity index (χ0n) is 25.9. The van der Waals surface area contributed by atoms with Gasteiger partial charge in [0.25, 0.3) is 10.0 Å². The molecule has 0 aliphatic heterocycles. The Balaban J connectivity index is 1.79. The van der Waals surface area contributed by atoms with Crippen LogP contribution in [-0.2, 0) is 39.0 Å². The molecule has 0 unspecified atom stereocenters. The fourth-order valence-electron chi connectivity index (χ4n) is 4.95. The van der Waals surface area contributed by atoms with Gasteiger partial charge in [-0.2, -0.15) is 0 Å². The molecular weight excluding hydrogens is 650 g/mol. The van der Waals surface area contributed by atoms with Crippen molar-refractivity contribution in [1.29, 1.82) is 0 Å². The Morgan fingerprint density at radius 1 is 0.800 bits per heavy atom. The minimum atomic E-state index is -4.13. The molecule has 0 aliphatic carbocycles. The van der Waals surface area contributed by atoms with Crippen LogP contribution in [0.5, 0.6) is 0 Å². The van der Waals surface area contributed by atoms with Gasteiger partial charge in [-0.15, -0.1) is 0 Å². The highest BCUT2D eigenvalue weighted by atomic mass is 79.9. The molecule has 1 N–H and O–H groups in total. The third-order valence-electron chi connectivity index (χ3n) is 7.44. The molecule has 0 aliphatic rings. The van der Waals surface area contributed by atoms with Crippen LogP contribution in [0, 0.1) is 5.92 Å². The van der Waals surface area contributed by atoms with Crippen molar-refractivity contribution >= 4 is 43.5 Å². The van der Waals surface area contributed by atoms with Crippen LogP contribution in [0.25, 0.3) is 0 Å². The van der Waals surface area contributed by atoms with Gasteiger partial charge in [-0.05, 0) is 65.4 Å². The summed E-state index contributed by atoms with van der Waals surface area (Å²) in [4.78, 5) is 30.0. The van der Waals surface area contributed by atoms with Gasteiger partial charge in [0.2, 0.25) is 11.8 Å². The quantitative estimate of drug-likeness (QED) is 0.161. The number of hydrogen-bond acceptors (Lipinski definition) is 4. The number of nitrogens with zero attached hydrogens (tertiary/aromatic N) is 2. The largest absolute Gasteiger partial charge is 0.354 e. The molecule has 0 saturated heterocycles. The molecule has 9 heteroatoms. The highest BCUT2D eigenvalue weighted by molar-refractivity contribution is 9.10. The molecule has 0 saturated carbocycles. The normalized spacial score (nSPS) is 12.0. The molecule has 4 aromatic rings. The Hall–Kier alpha value is -3.95. The van der Waals surface area contributed by atoms with Crippen LogP contribution in [0.2, 0.25) is 0 Å². The fraction of sp³-hybridized carbons (Fsp3) is 0.278. The van der Waals surface area contributed by atoms with E-state index in [-0.39, 0.29) is 29.7 Å². The second-order valence-corrected chi connectivity index (χ2v) is 14.1. The SMILES string of the molecule is CCc1ccc(N(CC(=O)N(Cc2cccc(Br)c2)[C@H](Cc2ccccc2)C(=O)NCC(C)C)S(=O)(=O)c2ccccc2)cc1. The first-order valence-electron chi connectivity index (χ1n) is 15.1. The average Bonchev–Trinajstić information content (AvgIpc) is 3.05. The third kappa shape index (κ3) is 9.28. The van der Waals surface area contributed by atoms with Gasteiger partial charge >= 0.3 is 0 Å². The number of aryl methyl sites for hydroxylation is 1. The number of nitrogens with one attached hydrogen (secondary N) is 1. The van der Waals surface area contributed by atoms with Crippen molar-refractivity contribution < 1.29 is 18.0 Å². The number of hydrogen-bond donors (Lipinski definition) is 1. The van der Waals surface area contributed by atoms with Crippen LogP contribution < -0.4 is 9.62 Å². The Bertz CT molecular complexity index is 1660. The molecule has 0 heterocycles. The predicted molar refractivity (Wildman–Crippen MR) is 183 cm³/mol. The molecule has 0 spiro atoms. The fourth-order valence-corrected chi connectivity index (χ4v) is 6.84. The minimum absolute atomic E-state index is 0.0754. The number of carbonyl (C=O) groups excluding carboxylic acids is 2. The Kier molecular flexibility index (Phi) is 12.0. The first-order chi connectivity index (χ1) is 21.6. The summed E-state index contributed by atoms with van der Waals surface area (Å²) in [7, 11) is -4.13. The second-order valence-electron chi connectivity index (χ2n) is 11.3. The molecule has 4 rings (SSSR count). The van der Waals surface area contributed by atoms with Gasteiger partial charge < -0.3 is 10.2 Å². The molecule has 0 bridgehead atoms. The maximum Gasteiger partial charge on any atom is 0.264 e. The number of sulfonamides is 1. The lowest BCUT2D eigenvalue weighted by Crippen LogP contribution is -2.53. The van der Waals surface area contributed by atoms with Crippen LogP contribution >= 0.6 is 15.9 Å².